The van der Waals surface area contributed by atoms with E-state index in [0.29, 0.717) is 0 Å². The highest BCUT2D eigenvalue weighted by molar-refractivity contribution is 5.33. The van der Waals surface area contributed by atoms with Gasteiger partial charge in [0.05, 0.1) is 6.04 Å². The Morgan fingerprint density at radius 2 is 1.73 bits per heavy atom. The lowest BCUT2D eigenvalue weighted by atomic mass is 9.81. The fourth-order valence-electron chi connectivity index (χ4n) is 2.08. The van der Waals surface area contributed by atoms with Gasteiger partial charge in [0.25, 0.3) is 0 Å². The van der Waals surface area contributed by atoms with Crippen molar-refractivity contribution in [1.82, 2.24) is 0 Å². The maximum absolute atomic E-state index is 9.99. The summed E-state index contributed by atoms with van der Waals surface area (Å²) in [4.78, 5) is 13.8. The number of isocyanates is 1. The zero-order valence-corrected chi connectivity index (χ0v) is 7.21. The molecule has 0 heterocycles. The van der Waals surface area contributed by atoms with Crippen molar-refractivity contribution in [3.63, 3.8) is 0 Å². The lowest BCUT2D eigenvalue weighted by molar-refractivity contribution is 0.270. The van der Waals surface area contributed by atoms with Crippen molar-refractivity contribution >= 4 is 6.08 Å². The Bertz CT molecular complexity index is 162. The van der Waals surface area contributed by atoms with Crippen LogP contribution < -0.4 is 0 Å². The van der Waals surface area contributed by atoms with Gasteiger partial charge in [0.1, 0.15) is 0 Å². The summed E-state index contributed by atoms with van der Waals surface area (Å²) < 4.78 is 0. The molecule has 1 saturated carbocycles. The van der Waals surface area contributed by atoms with E-state index in [2.05, 4.69) is 18.8 Å². The summed E-state index contributed by atoms with van der Waals surface area (Å²) in [5.41, 5.74) is 0. The van der Waals surface area contributed by atoms with Crippen LogP contribution in [0.1, 0.15) is 33.1 Å². The van der Waals surface area contributed by atoms with E-state index >= 15 is 0 Å². The highest BCUT2D eigenvalue weighted by Gasteiger charge is 2.22. The minimum atomic E-state index is 0.256. The zero-order chi connectivity index (χ0) is 8.27. The van der Waals surface area contributed by atoms with E-state index in [1.165, 1.54) is 6.42 Å². The van der Waals surface area contributed by atoms with E-state index in [-0.39, 0.29) is 6.04 Å². The smallest absolute Gasteiger partial charge is 0.211 e. The molecule has 0 aromatic heterocycles. The summed E-state index contributed by atoms with van der Waals surface area (Å²) in [5.74, 6) is 1.45. The van der Waals surface area contributed by atoms with Gasteiger partial charge in [0.15, 0.2) is 0 Å². The summed E-state index contributed by atoms with van der Waals surface area (Å²) >= 11 is 0. The predicted molar refractivity (Wildman–Crippen MR) is 44.1 cm³/mol. The number of aliphatic imine (C=N–C) groups is 1. The molecule has 0 aromatic carbocycles. The summed E-state index contributed by atoms with van der Waals surface area (Å²) in [6, 6.07) is 0.256. The maximum atomic E-state index is 9.99. The topological polar surface area (TPSA) is 29.4 Å². The van der Waals surface area contributed by atoms with Crippen molar-refractivity contribution in [3.8, 4) is 0 Å². The number of hydrogen-bond donors (Lipinski definition) is 0. The van der Waals surface area contributed by atoms with Gasteiger partial charge in [-0.05, 0) is 31.1 Å². The van der Waals surface area contributed by atoms with Crippen LogP contribution >= 0.6 is 0 Å². The van der Waals surface area contributed by atoms with Gasteiger partial charge < -0.3 is 0 Å². The maximum Gasteiger partial charge on any atom is 0.235 e. The first-order chi connectivity index (χ1) is 5.22. The van der Waals surface area contributed by atoms with Crippen LogP contribution in [0.25, 0.3) is 0 Å². The molecule has 2 unspecified atom stereocenters. The second-order valence-corrected chi connectivity index (χ2v) is 3.79. The van der Waals surface area contributed by atoms with Crippen LogP contribution in [0.3, 0.4) is 0 Å². The Morgan fingerprint density at radius 3 is 2.18 bits per heavy atom. The predicted octanol–water partition coefficient (Wildman–Crippen LogP) is 2.15. The Labute approximate surface area is 67.7 Å². The highest BCUT2D eigenvalue weighted by atomic mass is 16.1. The Hall–Kier alpha value is -0.620. The molecule has 0 N–H and O–H groups in total. The number of rotatable bonds is 1. The van der Waals surface area contributed by atoms with E-state index in [4.69, 9.17) is 0 Å². The van der Waals surface area contributed by atoms with Crippen molar-refractivity contribution in [1.29, 1.82) is 0 Å². The van der Waals surface area contributed by atoms with Crippen molar-refractivity contribution in [2.75, 3.05) is 0 Å². The van der Waals surface area contributed by atoms with E-state index in [9.17, 15) is 4.79 Å². The monoisotopic (exact) mass is 153 g/mol. The lowest BCUT2D eigenvalue weighted by Gasteiger charge is -2.27. The first-order valence-electron chi connectivity index (χ1n) is 4.29. The van der Waals surface area contributed by atoms with Crippen LogP contribution in [0.2, 0.25) is 0 Å². The number of carbonyl (C=O) groups excluding carboxylic acids is 1. The Morgan fingerprint density at radius 1 is 1.18 bits per heavy atom. The van der Waals surface area contributed by atoms with Gasteiger partial charge in [-0.1, -0.05) is 13.8 Å². The van der Waals surface area contributed by atoms with Gasteiger partial charge >= 0.3 is 0 Å². The Balaban J connectivity index is 2.49. The zero-order valence-electron chi connectivity index (χ0n) is 7.21. The number of nitrogens with zero attached hydrogens (tertiary/aromatic N) is 1. The largest absolute Gasteiger partial charge is 0.235 e. The lowest BCUT2D eigenvalue weighted by Crippen LogP contribution is -2.21. The molecule has 1 aliphatic carbocycles. The van der Waals surface area contributed by atoms with E-state index in [0.717, 1.165) is 24.7 Å². The summed E-state index contributed by atoms with van der Waals surface area (Å²) in [6.45, 7) is 4.45. The third kappa shape index (κ3) is 2.47. The third-order valence-corrected chi connectivity index (χ3v) is 2.39. The summed E-state index contributed by atoms with van der Waals surface area (Å²) in [7, 11) is 0. The van der Waals surface area contributed by atoms with Crippen LogP contribution in [0, 0.1) is 11.8 Å². The molecule has 0 aliphatic heterocycles. The van der Waals surface area contributed by atoms with Crippen LogP contribution in [-0.4, -0.2) is 12.1 Å². The van der Waals surface area contributed by atoms with Gasteiger partial charge in [-0.2, -0.15) is 0 Å². The molecule has 0 radical (unpaired) electrons. The molecule has 2 nitrogen and oxygen atoms in total. The van der Waals surface area contributed by atoms with E-state index in [1.54, 1.807) is 6.08 Å². The van der Waals surface area contributed by atoms with E-state index in [1.807, 2.05) is 0 Å². The van der Waals surface area contributed by atoms with Gasteiger partial charge in [0.2, 0.25) is 6.08 Å². The normalized spacial score (nSPS) is 37.8. The average Bonchev–Trinajstić information content (AvgIpc) is 1.85. The van der Waals surface area contributed by atoms with Crippen molar-refractivity contribution < 1.29 is 4.79 Å². The molecule has 2 heteroatoms. The standard InChI is InChI=1S/C9H15NO/c1-7-3-8(2)5-9(4-7)10-6-11/h7-9H,3-5H2,1-2H3. The minimum absolute atomic E-state index is 0.256. The molecule has 0 spiro atoms. The molecule has 1 fully saturated rings. The van der Waals surface area contributed by atoms with Crippen LogP contribution in [0.4, 0.5) is 0 Å². The molecule has 1 aliphatic rings. The minimum Gasteiger partial charge on any atom is -0.211 e. The second-order valence-electron chi connectivity index (χ2n) is 3.79. The molecule has 0 amide bonds. The van der Waals surface area contributed by atoms with Crippen LogP contribution in [-0.2, 0) is 4.79 Å². The molecular weight excluding hydrogens is 138 g/mol. The van der Waals surface area contributed by atoms with Gasteiger partial charge in [-0.25, -0.2) is 9.79 Å². The van der Waals surface area contributed by atoms with Gasteiger partial charge in [-0.15, -0.1) is 0 Å². The third-order valence-electron chi connectivity index (χ3n) is 2.39. The van der Waals surface area contributed by atoms with E-state index < -0.39 is 0 Å². The molecule has 0 saturated heterocycles. The average molecular weight is 153 g/mol. The summed E-state index contributed by atoms with van der Waals surface area (Å²) in [5, 5.41) is 0. The number of hydrogen-bond acceptors (Lipinski definition) is 2. The fraction of sp³-hybridized carbons (Fsp3) is 0.889. The molecule has 2 atom stereocenters. The summed E-state index contributed by atoms with van der Waals surface area (Å²) in [6.07, 6.45) is 5.07. The SMILES string of the molecule is CC1CC(C)CC(N=C=O)C1. The molecule has 0 aromatic rings. The Kier molecular flexibility index (Phi) is 2.84. The molecular formula is C9H15NO. The first kappa shape index (κ1) is 8.48. The molecule has 62 valence electrons. The van der Waals surface area contributed by atoms with Crippen LogP contribution in [0.15, 0.2) is 4.99 Å². The quantitative estimate of drug-likeness (QED) is 0.419. The first-order valence-corrected chi connectivity index (χ1v) is 4.29. The van der Waals surface area contributed by atoms with Gasteiger partial charge in [-0.3, -0.25) is 0 Å². The molecule has 1 rings (SSSR count). The van der Waals surface area contributed by atoms with Crippen molar-refractivity contribution in [3.05, 3.63) is 0 Å². The van der Waals surface area contributed by atoms with Gasteiger partial charge in [0, 0.05) is 0 Å². The molecule has 0 bridgehead atoms. The van der Waals surface area contributed by atoms with Crippen molar-refractivity contribution in [2.24, 2.45) is 16.8 Å². The van der Waals surface area contributed by atoms with Crippen LogP contribution in [0.5, 0.6) is 0 Å². The molecule has 11 heavy (non-hydrogen) atoms. The highest BCUT2D eigenvalue weighted by Crippen LogP contribution is 2.29. The fourth-order valence-corrected chi connectivity index (χ4v) is 2.08. The second kappa shape index (κ2) is 3.68. The van der Waals surface area contributed by atoms with Crippen molar-refractivity contribution in [2.45, 2.75) is 39.2 Å².